The molecule has 4 nitrogen and oxygen atoms in total. The van der Waals surface area contributed by atoms with Gasteiger partial charge in [0.2, 0.25) is 0 Å². The summed E-state index contributed by atoms with van der Waals surface area (Å²) in [5.41, 5.74) is 6.93. The maximum Gasteiger partial charge on any atom is 0.171 e. The standard InChI is InChI=1S/C47H32N2O2P2/c50-52(33-15-5-1-6-16-33,34-17-7-2-8-18-34)37-25-27-39-40-28-26-38(53(51,35-19-9-3-10-20-35)36-21-11-4-12-22-36)32-44(40)47(43(39)31-37)41-23-13-29-48-45(41)46-42(47)24-14-30-49-46/h1-32H. The number of benzene rings is 6. The average molecular weight is 719 g/mol. The molecule has 0 saturated heterocycles. The van der Waals surface area contributed by atoms with Crippen LogP contribution in [-0.4, -0.2) is 9.97 Å². The maximum atomic E-state index is 15.8. The lowest BCUT2D eigenvalue weighted by atomic mass is 9.71. The van der Waals surface area contributed by atoms with Gasteiger partial charge in [-0.1, -0.05) is 158 Å². The van der Waals surface area contributed by atoms with Gasteiger partial charge in [0.15, 0.2) is 14.3 Å². The molecular formula is C47H32N2O2P2. The van der Waals surface area contributed by atoms with E-state index < -0.39 is 19.7 Å². The monoisotopic (exact) mass is 718 g/mol. The van der Waals surface area contributed by atoms with Crippen LogP contribution in [0.25, 0.3) is 22.5 Å². The first-order chi connectivity index (χ1) is 26.1. The fourth-order valence-electron chi connectivity index (χ4n) is 8.66. The van der Waals surface area contributed by atoms with Crippen molar-refractivity contribution in [3.05, 3.63) is 217 Å². The minimum Gasteiger partial charge on any atom is -0.309 e. The van der Waals surface area contributed by atoms with Gasteiger partial charge in [-0.25, -0.2) is 0 Å². The van der Waals surface area contributed by atoms with E-state index in [0.717, 1.165) is 76.6 Å². The van der Waals surface area contributed by atoms with Gasteiger partial charge >= 0.3 is 0 Å². The summed E-state index contributed by atoms with van der Waals surface area (Å²) < 4.78 is 31.6. The predicted octanol–water partition coefficient (Wildman–Crippen LogP) is 8.10. The molecule has 0 amide bonds. The Labute approximate surface area is 308 Å². The SMILES string of the molecule is O=P(c1ccccc1)(c1ccccc1)c1ccc2c(c1)C1(c3cc(P(=O)(c4ccccc4)c4ccccc4)ccc3-2)c2cccnc2-c2ncccc21. The van der Waals surface area contributed by atoms with Crippen molar-refractivity contribution in [1.29, 1.82) is 0 Å². The highest BCUT2D eigenvalue weighted by atomic mass is 31.2. The van der Waals surface area contributed by atoms with Crippen molar-refractivity contribution in [3.8, 4) is 22.5 Å². The number of pyridine rings is 2. The molecule has 252 valence electrons. The molecule has 2 aliphatic rings. The Hall–Kier alpha value is -5.92. The van der Waals surface area contributed by atoms with E-state index in [9.17, 15) is 0 Å². The highest BCUT2D eigenvalue weighted by Gasteiger charge is 2.54. The Morgan fingerprint density at radius 2 is 0.679 bits per heavy atom. The Bertz CT molecular complexity index is 2510. The quantitative estimate of drug-likeness (QED) is 0.163. The number of hydrogen-bond donors (Lipinski definition) is 0. The number of fused-ring (bicyclic) bond motifs is 10. The molecule has 0 atom stereocenters. The molecule has 0 radical (unpaired) electrons. The van der Waals surface area contributed by atoms with Gasteiger partial charge in [0.1, 0.15) is 0 Å². The first-order valence-electron chi connectivity index (χ1n) is 17.7. The van der Waals surface area contributed by atoms with Crippen LogP contribution in [0.3, 0.4) is 0 Å². The van der Waals surface area contributed by atoms with Gasteiger partial charge in [-0.2, -0.15) is 0 Å². The Morgan fingerprint density at radius 3 is 1.02 bits per heavy atom. The van der Waals surface area contributed by atoms with E-state index in [2.05, 4.69) is 36.4 Å². The van der Waals surface area contributed by atoms with Gasteiger partial charge in [-0.05, 0) is 57.6 Å². The summed E-state index contributed by atoms with van der Waals surface area (Å²) in [7, 11) is -6.64. The second-order valence-electron chi connectivity index (χ2n) is 13.6. The Morgan fingerprint density at radius 1 is 0.340 bits per heavy atom. The number of hydrogen-bond acceptors (Lipinski definition) is 4. The van der Waals surface area contributed by atoms with Crippen molar-refractivity contribution in [2.75, 3.05) is 0 Å². The molecular weight excluding hydrogens is 686 g/mol. The fraction of sp³-hybridized carbons (Fsp3) is 0.0213. The van der Waals surface area contributed by atoms with Crippen LogP contribution in [0.15, 0.2) is 194 Å². The second kappa shape index (κ2) is 12.1. The van der Waals surface area contributed by atoms with Gasteiger partial charge in [0, 0.05) is 44.2 Å². The topological polar surface area (TPSA) is 59.9 Å². The molecule has 10 rings (SSSR count). The summed E-state index contributed by atoms with van der Waals surface area (Å²) in [6.45, 7) is 0. The van der Waals surface area contributed by atoms with Gasteiger partial charge in [-0.3, -0.25) is 9.97 Å². The summed E-state index contributed by atoms with van der Waals surface area (Å²) in [4.78, 5) is 9.85. The summed E-state index contributed by atoms with van der Waals surface area (Å²) in [5.74, 6) is 0. The second-order valence-corrected chi connectivity index (χ2v) is 19.1. The predicted molar refractivity (Wildman–Crippen MR) is 217 cm³/mol. The third-order valence-electron chi connectivity index (χ3n) is 11.0. The van der Waals surface area contributed by atoms with E-state index in [4.69, 9.17) is 9.97 Å². The van der Waals surface area contributed by atoms with Crippen LogP contribution in [-0.2, 0) is 14.5 Å². The number of nitrogens with zero attached hydrogens (tertiary/aromatic N) is 2. The van der Waals surface area contributed by atoms with Crippen molar-refractivity contribution >= 4 is 46.1 Å². The zero-order valence-electron chi connectivity index (χ0n) is 28.6. The smallest absolute Gasteiger partial charge is 0.171 e. The van der Waals surface area contributed by atoms with Crippen molar-refractivity contribution in [2.45, 2.75) is 5.41 Å². The van der Waals surface area contributed by atoms with Crippen molar-refractivity contribution in [1.82, 2.24) is 9.97 Å². The Balaban J connectivity index is 1.30. The van der Waals surface area contributed by atoms with E-state index in [0.29, 0.717) is 0 Å². The molecule has 0 fully saturated rings. The molecule has 8 aromatic rings. The fourth-order valence-corrected chi connectivity index (χ4v) is 14.0. The molecule has 6 aromatic carbocycles. The third-order valence-corrected chi connectivity index (χ3v) is 17.1. The van der Waals surface area contributed by atoms with E-state index >= 15 is 9.13 Å². The zero-order valence-corrected chi connectivity index (χ0v) is 30.4. The molecule has 0 saturated carbocycles. The minimum atomic E-state index is -3.32. The van der Waals surface area contributed by atoms with Crippen LogP contribution in [0.2, 0.25) is 0 Å². The average Bonchev–Trinajstić information content (AvgIpc) is 3.71. The van der Waals surface area contributed by atoms with Gasteiger partial charge in [0.05, 0.1) is 16.8 Å². The van der Waals surface area contributed by atoms with Crippen LogP contribution >= 0.6 is 14.3 Å². The van der Waals surface area contributed by atoms with E-state index in [-0.39, 0.29) is 0 Å². The molecule has 0 bridgehead atoms. The van der Waals surface area contributed by atoms with Crippen LogP contribution in [0, 0.1) is 0 Å². The molecule has 0 unspecified atom stereocenters. The zero-order chi connectivity index (χ0) is 35.6. The van der Waals surface area contributed by atoms with Crippen molar-refractivity contribution < 1.29 is 9.13 Å². The normalized spacial score (nSPS) is 13.6. The summed E-state index contributed by atoms with van der Waals surface area (Å²) in [6.07, 6.45) is 3.63. The van der Waals surface area contributed by atoms with Gasteiger partial charge < -0.3 is 9.13 Å². The molecule has 2 aliphatic carbocycles. The molecule has 2 aromatic heterocycles. The largest absolute Gasteiger partial charge is 0.309 e. The van der Waals surface area contributed by atoms with Crippen LogP contribution in [0.1, 0.15) is 22.3 Å². The molecule has 0 aliphatic heterocycles. The van der Waals surface area contributed by atoms with Crippen LogP contribution in [0.4, 0.5) is 0 Å². The Kier molecular flexibility index (Phi) is 7.24. The summed E-state index contributed by atoms with van der Waals surface area (Å²) in [6, 6.07) is 60.2. The first-order valence-corrected chi connectivity index (χ1v) is 21.1. The lowest BCUT2D eigenvalue weighted by Crippen LogP contribution is -2.31. The minimum absolute atomic E-state index is 0.753. The third kappa shape index (κ3) is 4.44. The van der Waals surface area contributed by atoms with E-state index in [1.54, 1.807) is 0 Å². The number of rotatable bonds is 6. The maximum absolute atomic E-state index is 15.8. The summed E-state index contributed by atoms with van der Waals surface area (Å²) >= 11 is 0. The molecule has 2 heterocycles. The van der Waals surface area contributed by atoms with Crippen molar-refractivity contribution in [3.63, 3.8) is 0 Å². The van der Waals surface area contributed by atoms with Gasteiger partial charge in [0.25, 0.3) is 0 Å². The number of aromatic nitrogens is 2. The van der Waals surface area contributed by atoms with Crippen LogP contribution in [0.5, 0.6) is 0 Å². The molecule has 0 N–H and O–H groups in total. The first kappa shape index (κ1) is 31.8. The molecule has 6 heteroatoms. The molecule has 1 spiro atoms. The van der Waals surface area contributed by atoms with Gasteiger partial charge in [-0.15, -0.1) is 0 Å². The van der Waals surface area contributed by atoms with Crippen molar-refractivity contribution in [2.24, 2.45) is 0 Å². The molecule has 53 heavy (non-hydrogen) atoms. The highest BCUT2D eigenvalue weighted by Crippen LogP contribution is 2.62. The summed E-state index contributed by atoms with van der Waals surface area (Å²) in [5, 5.41) is 4.62. The van der Waals surface area contributed by atoms with E-state index in [1.165, 1.54) is 0 Å². The highest BCUT2D eigenvalue weighted by molar-refractivity contribution is 7.85. The van der Waals surface area contributed by atoms with Crippen LogP contribution < -0.4 is 31.8 Å². The van der Waals surface area contributed by atoms with E-state index in [1.807, 2.05) is 158 Å². The lowest BCUT2D eigenvalue weighted by Gasteiger charge is -2.31. The lowest BCUT2D eigenvalue weighted by molar-refractivity contribution is 0.591.